The number of carbonyl (C=O) groups excluding carboxylic acids is 2. The molecule has 0 N–H and O–H groups in total. The van der Waals surface area contributed by atoms with Crippen LogP contribution in [0.1, 0.15) is 36.8 Å². The summed E-state index contributed by atoms with van der Waals surface area (Å²) in [7, 11) is 1.43. The highest BCUT2D eigenvalue weighted by molar-refractivity contribution is 5.79. The minimum Gasteiger partial charge on any atom is -0.469 e. The van der Waals surface area contributed by atoms with Gasteiger partial charge in [-0.05, 0) is 36.8 Å². The third-order valence-electron chi connectivity index (χ3n) is 5.36. The van der Waals surface area contributed by atoms with Crippen LogP contribution in [0.25, 0.3) is 0 Å². The summed E-state index contributed by atoms with van der Waals surface area (Å²) < 4.78 is 4.86. The molecule has 4 nitrogen and oxygen atoms in total. The number of benzene rings is 2. The van der Waals surface area contributed by atoms with E-state index in [-0.39, 0.29) is 23.7 Å². The summed E-state index contributed by atoms with van der Waals surface area (Å²) in [5.41, 5.74) is 2.26. The number of nitrogens with zero attached hydrogens (tertiary/aromatic N) is 1. The zero-order chi connectivity index (χ0) is 19.1. The lowest BCUT2D eigenvalue weighted by Crippen LogP contribution is -2.37. The zero-order valence-corrected chi connectivity index (χ0v) is 15.8. The number of carbonyl (C=O) groups is 2. The molecule has 0 spiro atoms. The molecule has 1 saturated carbocycles. The minimum absolute atomic E-state index is 0.0154. The van der Waals surface area contributed by atoms with Crippen LogP contribution in [-0.2, 0) is 27.4 Å². The molecule has 1 aliphatic rings. The van der Waals surface area contributed by atoms with Crippen molar-refractivity contribution in [1.29, 1.82) is 0 Å². The molecule has 2 aromatic carbocycles. The molecule has 2 aromatic rings. The van der Waals surface area contributed by atoms with Crippen LogP contribution in [-0.4, -0.2) is 23.9 Å². The fourth-order valence-electron chi connectivity index (χ4n) is 3.82. The van der Waals surface area contributed by atoms with Gasteiger partial charge in [-0.15, -0.1) is 0 Å². The van der Waals surface area contributed by atoms with Crippen molar-refractivity contribution in [2.75, 3.05) is 7.11 Å². The Morgan fingerprint density at radius 1 is 0.815 bits per heavy atom. The second-order valence-corrected chi connectivity index (χ2v) is 7.24. The van der Waals surface area contributed by atoms with E-state index in [4.69, 9.17) is 4.74 Å². The van der Waals surface area contributed by atoms with Gasteiger partial charge in [0, 0.05) is 19.0 Å². The maximum Gasteiger partial charge on any atom is 0.308 e. The summed E-state index contributed by atoms with van der Waals surface area (Å²) >= 11 is 0. The largest absolute Gasteiger partial charge is 0.469 e. The van der Waals surface area contributed by atoms with Gasteiger partial charge in [-0.2, -0.15) is 0 Å². The van der Waals surface area contributed by atoms with Crippen molar-refractivity contribution < 1.29 is 14.3 Å². The van der Waals surface area contributed by atoms with Gasteiger partial charge in [0.2, 0.25) is 5.91 Å². The van der Waals surface area contributed by atoms with Crippen LogP contribution in [0.3, 0.4) is 0 Å². The fraction of sp³-hybridized carbons (Fsp3) is 0.391. The van der Waals surface area contributed by atoms with Crippen molar-refractivity contribution in [3.63, 3.8) is 0 Å². The van der Waals surface area contributed by atoms with E-state index in [2.05, 4.69) is 24.3 Å². The number of hydrogen-bond acceptors (Lipinski definition) is 3. The first-order chi connectivity index (χ1) is 13.2. The van der Waals surface area contributed by atoms with Gasteiger partial charge in [-0.1, -0.05) is 60.7 Å². The first-order valence-corrected chi connectivity index (χ1v) is 9.62. The summed E-state index contributed by atoms with van der Waals surface area (Å²) in [6.45, 7) is 1.21. The summed E-state index contributed by atoms with van der Waals surface area (Å²) in [5.74, 6) is -0.0357. The van der Waals surface area contributed by atoms with Crippen LogP contribution in [0.15, 0.2) is 60.7 Å². The summed E-state index contributed by atoms with van der Waals surface area (Å²) in [6.07, 6.45) is 2.96. The summed E-state index contributed by atoms with van der Waals surface area (Å²) in [6, 6.07) is 20.2. The summed E-state index contributed by atoms with van der Waals surface area (Å²) in [4.78, 5) is 27.0. The topological polar surface area (TPSA) is 46.6 Å². The number of esters is 1. The van der Waals surface area contributed by atoms with Crippen molar-refractivity contribution in [1.82, 2.24) is 4.90 Å². The highest BCUT2D eigenvalue weighted by Crippen LogP contribution is 2.31. The second kappa shape index (κ2) is 9.36. The van der Waals surface area contributed by atoms with Crippen LogP contribution in [0.2, 0.25) is 0 Å². The monoisotopic (exact) mass is 365 g/mol. The van der Waals surface area contributed by atoms with Gasteiger partial charge < -0.3 is 9.64 Å². The van der Waals surface area contributed by atoms with Crippen LogP contribution in [0, 0.1) is 11.8 Å². The molecular weight excluding hydrogens is 338 g/mol. The molecule has 4 heteroatoms. The lowest BCUT2D eigenvalue weighted by molar-refractivity contribution is -0.148. The Morgan fingerprint density at radius 2 is 1.26 bits per heavy atom. The molecule has 0 unspecified atom stereocenters. The molecule has 0 aromatic heterocycles. The molecular formula is C23H27NO3. The first-order valence-electron chi connectivity index (χ1n) is 9.62. The molecule has 1 amide bonds. The fourth-order valence-corrected chi connectivity index (χ4v) is 3.82. The average molecular weight is 365 g/mol. The zero-order valence-electron chi connectivity index (χ0n) is 15.8. The van der Waals surface area contributed by atoms with E-state index in [1.54, 1.807) is 0 Å². The summed E-state index contributed by atoms with van der Waals surface area (Å²) in [5, 5.41) is 0. The van der Waals surface area contributed by atoms with Crippen molar-refractivity contribution in [2.24, 2.45) is 11.8 Å². The number of hydrogen-bond donors (Lipinski definition) is 0. The Labute approximate surface area is 161 Å². The minimum atomic E-state index is -0.147. The maximum atomic E-state index is 13.3. The molecule has 1 fully saturated rings. The Bertz CT molecular complexity index is 695. The molecule has 1 aliphatic carbocycles. The lowest BCUT2D eigenvalue weighted by atomic mass is 9.81. The van der Waals surface area contributed by atoms with Crippen molar-refractivity contribution >= 4 is 11.9 Å². The molecule has 0 aliphatic heterocycles. The molecule has 142 valence electrons. The van der Waals surface area contributed by atoms with Crippen LogP contribution >= 0.6 is 0 Å². The molecule has 0 heterocycles. The van der Waals surface area contributed by atoms with Gasteiger partial charge in [0.15, 0.2) is 0 Å². The third kappa shape index (κ3) is 5.19. The van der Waals surface area contributed by atoms with Crippen LogP contribution in [0.5, 0.6) is 0 Å². The van der Waals surface area contributed by atoms with Gasteiger partial charge in [0.25, 0.3) is 0 Å². The van der Waals surface area contributed by atoms with E-state index >= 15 is 0 Å². The highest BCUT2D eigenvalue weighted by atomic mass is 16.5. The van der Waals surface area contributed by atoms with Gasteiger partial charge in [0.05, 0.1) is 13.0 Å². The number of amides is 1. The predicted molar refractivity (Wildman–Crippen MR) is 105 cm³/mol. The van der Waals surface area contributed by atoms with Gasteiger partial charge in [0.1, 0.15) is 0 Å². The molecule has 0 saturated heterocycles. The van der Waals surface area contributed by atoms with Crippen molar-refractivity contribution in [3.05, 3.63) is 71.8 Å². The normalized spacial score (nSPS) is 19.3. The van der Waals surface area contributed by atoms with Gasteiger partial charge >= 0.3 is 5.97 Å². The Balaban J connectivity index is 1.70. The Morgan fingerprint density at radius 3 is 1.70 bits per heavy atom. The standard InChI is InChI=1S/C23H27NO3/c1-27-23(26)21-14-12-20(13-15-21)22(25)24(16-18-8-4-2-5-9-18)17-19-10-6-3-7-11-19/h2-11,20-21H,12-17H2,1H3. The Kier molecular flexibility index (Phi) is 6.64. The van der Waals surface area contributed by atoms with E-state index in [1.807, 2.05) is 41.3 Å². The van der Waals surface area contributed by atoms with Crippen molar-refractivity contribution in [3.8, 4) is 0 Å². The van der Waals surface area contributed by atoms with E-state index < -0.39 is 0 Å². The van der Waals surface area contributed by atoms with Gasteiger partial charge in [-0.3, -0.25) is 9.59 Å². The molecule has 0 bridgehead atoms. The Hall–Kier alpha value is -2.62. The van der Waals surface area contributed by atoms with Crippen molar-refractivity contribution in [2.45, 2.75) is 38.8 Å². The average Bonchev–Trinajstić information content (AvgIpc) is 2.74. The molecule has 0 radical (unpaired) electrons. The number of rotatable bonds is 6. The smallest absolute Gasteiger partial charge is 0.308 e. The number of methoxy groups -OCH3 is 1. The maximum absolute atomic E-state index is 13.3. The van der Waals surface area contributed by atoms with E-state index in [0.717, 1.165) is 36.8 Å². The first kappa shape index (κ1) is 19.2. The van der Waals surface area contributed by atoms with E-state index in [0.29, 0.717) is 13.1 Å². The number of ether oxygens (including phenoxy) is 1. The van der Waals surface area contributed by atoms with E-state index in [9.17, 15) is 9.59 Å². The lowest BCUT2D eigenvalue weighted by Gasteiger charge is -2.31. The molecule has 0 atom stereocenters. The molecule has 27 heavy (non-hydrogen) atoms. The highest BCUT2D eigenvalue weighted by Gasteiger charge is 2.32. The van der Waals surface area contributed by atoms with Gasteiger partial charge in [-0.25, -0.2) is 0 Å². The second-order valence-electron chi connectivity index (χ2n) is 7.24. The molecule has 3 rings (SSSR count). The van der Waals surface area contributed by atoms with E-state index in [1.165, 1.54) is 7.11 Å². The SMILES string of the molecule is COC(=O)C1CCC(C(=O)N(Cc2ccccc2)Cc2ccccc2)CC1. The third-order valence-corrected chi connectivity index (χ3v) is 5.36. The van der Waals surface area contributed by atoms with Crippen LogP contribution < -0.4 is 0 Å². The predicted octanol–water partition coefficient (Wildman–Crippen LogP) is 4.19. The quantitative estimate of drug-likeness (QED) is 0.721. The van der Waals surface area contributed by atoms with Crippen LogP contribution in [0.4, 0.5) is 0 Å².